The van der Waals surface area contributed by atoms with E-state index >= 15 is 0 Å². The molecule has 0 bridgehead atoms. The zero-order valence-electron chi connectivity index (χ0n) is 26.8. The van der Waals surface area contributed by atoms with E-state index in [1.165, 1.54) is 5.56 Å². The molecular formula is C33H51NO7Si. The molecule has 1 amide bonds. The number of hydrogen-bond donors (Lipinski definition) is 3. The monoisotopic (exact) mass is 601 g/mol. The average Bonchev–Trinajstić information content (AvgIpc) is 2.91. The Labute approximate surface area is 252 Å². The lowest BCUT2D eigenvalue weighted by atomic mass is 9.87. The number of aliphatic carboxylic acids is 1. The minimum absolute atomic E-state index is 0.0730. The van der Waals surface area contributed by atoms with E-state index < -0.39 is 39.0 Å². The summed E-state index contributed by atoms with van der Waals surface area (Å²) in [5.41, 5.74) is 3.00. The third kappa shape index (κ3) is 10.1. The van der Waals surface area contributed by atoms with Crippen LogP contribution in [0.2, 0.25) is 18.1 Å². The summed E-state index contributed by atoms with van der Waals surface area (Å²) >= 11 is 0. The second-order valence-corrected chi connectivity index (χ2v) is 17.5. The fourth-order valence-electron chi connectivity index (χ4n) is 4.78. The quantitative estimate of drug-likeness (QED) is 0.190. The number of aliphatic hydroxyl groups is 1. The molecule has 2 aromatic carbocycles. The summed E-state index contributed by atoms with van der Waals surface area (Å²) in [7, 11) is 0.934. The molecule has 234 valence electrons. The minimum Gasteiger partial charge on any atom is -0.496 e. The van der Waals surface area contributed by atoms with Gasteiger partial charge in [-0.15, -0.1) is 0 Å². The van der Waals surface area contributed by atoms with Gasteiger partial charge in [0.1, 0.15) is 11.5 Å². The van der Waals surface area contributed by atoms with Crippen molar-refractivity contribution in [3.8, 4) is 11.5 Å². The molecule has 0 saturated heterocycles. The largest absolute Gasteiger partial charge is 0.496 e. The first-order valence-electron chi connectivity index (χ1n) is 14.7. The lowest BCUT2D eigenvalue weighted by molar-refractivity contribution is -0.140. The Balaban J connectivity index is 2.52. The SMILES string of the molecule is COc1cc(C(O[Si](C)(C)C(C)(C)C)[C@@H](CCCc2ccccc2)CC(=O)NC(C)C(O)CC(=O)O)cc(OC)c1C. The number of aryl methyl sites for hydroxylation is 1. The average molecular weight is 602 g/mol. The molecule has 0 aliphatic rings. The van der Waals surface area contributed by atoms with E-state index in [9.17, 15) is 14.7 Å². The van der Waals surface area contributed by atoms with Gasteiger partial charge in [0.25, 0.3) is 0 Å². The fourth-order valence-corrected chi connectivity index (χ4v) is 6.09. The molecule has 0 fully saturated rings. The molecular weight excluding hydrogens is 550 g/mol. The molecule has 0 aliphatic carbocycles. The zero-order chi connectivity index (χ0) is 31.7. The van der Waals surface area contributed by atoms with Gasteiger partial charge in [0.05, 0.1) is 38.9 Å². The van der Waals surface area contributed by atoms with Crippen LogP contribution < -0.4 is 14.8 Å². The maximum Gasteiger partial charge on any atom is 0.306 e. The van der Waals surface area contributed by atoms with E-state index in [-0.39, 0.29) is 23.3 Å². The Hall–Kier alpha value is -2.88. The van der Waals surface area contributed by atoms with Gasteiger partial charge in [-0.25, -0.2) is 0 Å². The molecule has 9 heteroatoms. The highest BCUT2D eigenvalue weighted by Crippen LogP contribution is 2.45. The number of amides is 1. The summed E-state index contributed by atoms with van der Waals surface area (Å²) in [5.74, 6) is -0.208. The number of aliphatic hydroxyl groups excluding tert-OH is 1. The lowest BCUT2D eigenvalue weighted by Gasteiger charge is -2.42. The normalized spacial score (nSPS) is 14.9. The maximum absolute atomic E-state index is 13.4. The molecule has 2 rings (SSSR count). The summed E-state index contributed by atoms with van der Waals surface area (Å²) in [6.07, 6.45) is 0.518. The zero-order valence-corrected chi connectivity index (χ0v) is 27.8. The topological polar surface area (TPSA) is 114 Å². The number of hydrogen-bond acceptors (Lipinski definition) is 6. The summed E-state index contributed by atoms with van der Waals surface area (Å²) in [6, 6.07) is 13.5. The third-order valence-corrected chi connectivity index (χ3v) is 12.9. The number of methoxy groups -OCH3 is 2. The maximum atomic E-state index is 13.4. The smallest absolute Gasteiger partial charge is 0.306 e. The molecule has 3 N–H and O–H groups in total. The van der Waals surface area contributed by atoms with Crippen LogP contribution in [0.15, 0.2) is 42.5 Å². The Morgan fingerprint density at radius 1 is 1.00 bits per heavy atom. The second-order valence-electron chi connectivity index (χ2n) is 12.7. The Morgan fingerprint density at radius 2 is 1.57 bits per heavy atom. The van der Waals surface area contributed by atoms with Gasteiger partial charge in [0, 0.05) is 12.0 Å². The van der Waals surface area contributed by atoms with E-state index in [0.29, 0.717) is 17.9 Å². The van der Waals surface area contributed by atoms with Crippen LogP contribution in [0, 0.1) is 12.8 Å². The number of ether oxygens (including phenoxy) is 2. The summed E-state index contributed by atoms with van der Waals surface area (Å²) in [6.45, 7) is 14.5. The molecule has 0 saturated carbocycles. The molecule has 2 aromatic rings. The summed E-state index contributed by atoms with van der Waals surface area (Å²) < 4.78 is 18.5. The second kappa shape index (κ2) is 15.5. The van der Waals surface area contributed by atoms with Crippen LogP contribution in [0.1, 0.15) is 76.2 Å². The van der Waals surface area contributed by atoms with Crippen molar-refractivity contribution in [2.45, 2.75) is 103 Å². The van der Waals surface area contributed by atoms with Crippen molar-refractivity contribution in [2.75, 3.05) is 14.2 Å². The van der Waals surface area contributed by atoms with Crippen molar-refractivity contribution in [3.05, 3.63) is 59.2 Å². The highest BCUT2D eigenvalue weighted by atomic mass is 28.4. The predicted octanol–water partition coefficient (Wildman–Crippen LogP) is 6.44. The number of benzene rings is 2. The van der Waals surface area contributed by atoms with E-state index in [0.717, 1.165) is 24.0 Å². The van der Waals surface area contributed by atoms with Crippen LogP contribution in [0.5, 0.6) is 11.5 Å². The van der Waals surface area contributed by atoms with Crippen LogP contribution in [0.25, 0.3) is 0 Å². The standard InChI is InChI=1S/C33H51NO7Si/c1-22-28(39-6)18-26(19-29(22)40-7)32(41-42(8,9)33(3,4)5)25(17-13-16-24-14-11-10-12-15-24)20-30(36)34-23(2)27(35)21-31(37)38/h10-12,14-15,18-19,23,25,27,32,35H,13,16-17,20-21H2,1-9H3,(H,34,36)(H,37,38)/t23?,25-,27?,32?/m0/s1. The van der Waals surface area contributed by atoms with Gasteiger partial charge >= 0.3 is 5.97 Å². The van der Waals surface area contributed by atoms with Crippen molar-refractivity contribution in [1.82, 2.24) is 5.32 Å². The van der Waals surface area contributed by atoms with Crippen molar-refractivity contribution in [1.29, 1.82) is 0 Å². The van der Waals surface area contributed by atoms with Gasteiger partial charge in [-0.3, -0.25) is 9.59 Å². The van der Waals surface area contributed by atoms with Crippen LogP contribution in [0.4, 0.5) is 0 Å². The molecule has 8 nitrogen and oxygen atoms in total. The number of carboxylic acid groups (broad SMARTS) is 1. The number of nitrogens with one attached hydrogen (secondary N) is 1. The van der Waals surface area contributed by atoms with Gasteiger partial charge in [-0.2, -0.15) is 0 Å². The number of carbonyl (C=O) groups excluding carboxylic acids is 1. The Bertz CT molecular complexity index is 1140. The van der Waals surface area contributed by atoms with Crippen molar-refractivity contribution in [2.24, 2.45) is 5.92 Å². The first-order valence-corrected chi connectivity index (χ1v) is 17.6. The molecule has 42 heavy (non-hydrogen) atoms. The van der Waals surface area contributed by atoms with E-state index in [1.54, 1.807) is 21.1 Å². The van der Waals surface area contributed by atoms with Gasteiger partial charge in [0.2, 0.25) is 5.91 Å². The fraction of sp³-hybridized carbons (Fsp3) is 0.576. The molecule has 4 atom stereocenters. The van der Waals surface area contributed by atoms with Crippen molar-refractivity contribution >= 4 is 20.2 Å². The number of rotatable bonds is 16. The van der Waals surface area contributed by atoms with E-state index in [1.807, 2.05) is 37.3 Å². The summed E-state index contributed by atoms with van der Waals surface area (Å²) in [5, 5.41) is 22.1. The summed E-state index contributed by atoms with van der Waals surface area (Å²) in [4.78, 5) is 24.5. The molecule has 0 aromatic heterocycles. The van der Waals surface area contributed by atoms with Crippen LogP contribution >= 0.6 is 0 Å². The third-order valence-electron chi connectivity index (χ3n) is 8.44. The van der Waals surface area contributed by atoms with Gasteiger partial charge in [0.15, 0.2) is 8.32 Å². The predicted molar refractivity (Wildman–Crippen MR) is 169 cm³/mol. The minimum atomic E-state index is -2.32. The molecule has 0 radical (unpaired) electrons. The van der Waals surface area contributed by atoms with Gasteiger partial charge in [-0.1, -0.05) is 51.1 Å². The molecule has 0 aliphatic heterocycles. The van der Waals surface area contributed by atoms with Gasteiger partial charge < -0.3 is 29.4 Å². The van der Waals surface area contributed by atoms with Crippen molar-refractivity contribution < 1.29 is 33.7 Å². The molecule has 0 heterocycles. The van der Waals surface area contributed by atoms with E-state index in [4.69, 9.17) is 19.0 Å². The first-order chi connectivity index (χ1) is 19.6. The number of carboxylic acids is 1. The van der Waals surface area contributed by atoms with Crippen LogP contribution in [-0.2, 0) is 20.4 Å². The molecule has 3 unspecified atom stereocenters. The Morgan fingerprint density at radius 3 is 2.07 bits per heavy atom. The van der Waals surface area contributed by atoms with E-state index in [2.05, 4.69) is 51.3 Å². The molecule has 0 spiro atoms. The van der Waals surface area contributed by atoms with Crippen LogP contribution in [-0.4, -0.2) is 56.8 Å². The Kier molecular flexibility index (Phi) is 13.1. The van der Waals surface area contributed by atoms with Crippen molar-refractivity contribution in [3.63, 3.8) is 0 Å². The highest BCUT2D eigenvalue weighted by molar-refractivity contribution is 6.74. The lowest BCUT2D eigenvalue weighted by Crippen LogP contribution is -2.45. The highest BCUT2D eigenvalue weighted by Gasteiger charge is 2.42. The van der Waals surface area contributed by atoms with Gasteiger partial charge in [-0.05, 0) is 80.4 Å². The first kappa shape index (κ1) is 35.3. The van der Waals surface area contributed by atoms with Crippen LogP contribution in [0.3, 0.4) is 0 Å². The number of carbonyl (C=O) groups is 2.